The minimum absolute atomic E-state index is 0.0276. The van der Waals surface area contributed by atoms with Crippen LogP contribution in [0.25, 0.3) is 0 Å². The van der Waals surface area contributed by atoms with Gasteiger partial charge in [0.25, 0.3) is 0 Å². The zero-order chi connectivity index (χ0) is 13.3. The summed E-state index contributed by atoms with van der Waals surface area (Å²) < 4.78 is 18.8. The maximum absolute atomic E-state index is 13.0. The molecule has 1 aliphatic heterocycles. The molecule has 0 amide bonds. The molecule has 1 aromatic carbocycles. The lowest BCUT2D eigenvalue weighted by atomic mass is 9.79. The van der Waals surface area contributed by atoms with Gasteiger partial charge in [0.2, 0.25) is 0 Å². The second kappa shape index (κ2) is 5.07. The van der Waals surface area contributed by atoms with Crippen molar-refractivity contribution >= 4 is 21.7 Å². The predicted octanol–water partition coefficient (Wildman–Crippen LogP) is 2.06. The van der Waals surface area contributed by atoms with Crippen molar-refractivity contribution in [2.75, 3.05) is 13.2 Å². The van der Waals surface area contributed by atoms with Gasteiger partial charge in [0, 0.05) is 16.9 Å². The standard InChI is InChI=1S/C13H15BrFNO2/c1-13(7-18-6-11(13)16)12(17)4-8-2-3-9(15)5-10(8)14/h2-3,5,11H,4,6-7,16H2,1H3. The van der Waals surface area contributed by atoms with Crippen LogP contribution in [0, 0.1) is 11.2 Å². The largest absolute Gasteiger partial charge is 0.379 e. The monoisotopic (exact) mass is 315 g/mol. The molecular weight excluding hydrogens is 301 g/mol. The summed E-state index contributed by atoms with van der Waals surface area (Å²) in [6.45, 7) is 2.59. The molecule has 5 heteroatoms. The number of halogens is 2. The summed E-state index contributed by atoms with van der Waals surface area (Å²) >= 11 is 3.26. The number of benzene rings is 1. The second-order valence-electron chi connectivity index (χ2n) is 4.87. The van der Waals surface area contributed by atoms with Gasteiger partial charge < -0.3 is 10.5 Å². The molecule has 0 aromatic heterocycles. The Morgan fingerprint density at radius 2 is 2.39 bits per heavy atom. The number of rotatable bonds is 3. The Bertz CT molecular complexity index is 480. The average molecular weight is 316 g/mol. The van der Waals surface area contributed by atoms with Gasteiger partial charge >= 0.3 is 0 Å². The van der Waals surface area contributed by atoms with E-state index in [4.69, 9.17) is 10.5 Å². The van der Waals surface area contributed by atoms with E-state index < -0.39 is 5.41 Å². The average Bonchev–Trinajstić information content (AvgIpc) is 2.64. The number of hydrogen-bond acceptors (Lipinski definition) is 3. The van der Waals surface area contributed by atoms with Crippen molar-refractivity contribution < 1.29 is 13.9 Å². The van der Waals surface area contributed by atoms with Gasteiger partial charge in [-0.05, 0) is 24.6 Å². The second-order valence-corrected chi connectivity index (χ2v) is 5.73. The van der Waals surface area contributed by atoms with Gasteiger partial charge in [-0.2, -0.15) is 0 Å². The highest BCUT2D eigenvalue weighted by Gasteiger charge is 2.43. The van der Waals surface area contributed by atoms with Crippen LogP contribution < -0.4 is 5.73 Å². The topological polar surface area (TPSA) is 52.3 Å². The lowest BCUT2D eigenvalue weighted by molar-refractivity contribution is -0.127. The van der Waals surface area contributed by atoms with E-state index in [-0.39, 0.29) is 24.1 Å². The van der Waals surface area contributed by atoms with Crippen molar-refractivity contribution in [3.05, 3.63) is 34.1 Å². The van der Waals surface area contributed by atoms with Gasteiger partial charge in [0.1, 0.15) is 11.6 Å². The molecule has 1 saturated heterocycles. The first-order chi connectivity index (χ1) is 8.43. The van der Waals surface area contributed by atoms with Crippen molar-refractivity contribution in [2.24, 2.45) is 11.1 Å². The highest BCUT2D eigenvalue weighted by molar-refractivity contribution is 9.10. The summed E-state index contributed by atoms with van der Waals surface area (Å²) in [7, 11) is 0. The normalized spacial score (nSPS) is 27.4. The summed E-state index contributed by atoms with van der Waals surface area (Å²) in [5, 5.41) is 0. The van der Waals surface area contributed by atoms with E-state index in [2.05, 4.69) is 15.9 Å². The predicted molar refractivity (Wildman–Crippen MR) is 69.7 cm³/mol. The molecule has 0 radical (unpaired) electrons. The van der Waals surface area contributed by atoms with Gasteiger partial charge in [0.05, 0.1) is 18.6 Å². The molecule has 0 spiro atoms. The van der Waals surface area contributed by atoms with Gasteiger partial charge in [-0.1, -0.05) is 22.0 Å². The van der Waals surface area contributed by atoms with Crippen molar-refractivity contribution in [2.45, 2.75) is 19.4 Å². The van der Waals surface area contributed by atoms with Gasteiger partial charge in [-0.3, -0.25) is 4.79 Å². The molecule has 2 rings (SSSR count). The molecule has 1 aliphatic rings. The fourth-order valence-electron chi connectivity index (χ4n) is 2.02. The number of carbonyl (C=O) groups is 1. The maximum Gasteiger partial charge on any atom is 0.147 e. The Kier molecular flexibility index (Phi) is 3.84. The fourth-order valence-corrected chi connectivity index (χ4v) is 2.51. The third kappa shape index (κ3) is 2.48. The zero-order valence-corrected chi connectivity index (χ0v) is 11.7. The first kappa shape index (κ1) is 13.6. The number of nitrogens with two attached hydrogens (primary N) is 1. The summed E-state index contributed by atoms with van der Waals surface area (Å²) in [5.41, 5.74) is 6.03. The molecule has 0 bridgehead atoms. The third-order valence-electron chi connectivity index (χ3n) is 3.52. The SMILES string of the molecule is CC1(C(=O)Cc2ccc(F)cc2Br)COCC1N. The van der Waals surface area contributed by atoms with E-state index in [9.17, 15) is 9.18 Å². The van der Waals surface area contributed by atoms with Crippen LogP contribution in [0.3, 0.4) is 0 Å². The molecule has 2 unspecified atom stereocenters. The molecule has 98 valence electrons. The molecule has 1 aromatic rings. The van der Waals surface area contributed by atoms with Crippen molar-refractivity contribution in [3.63, 3.8) is 0 Å². The Hall–Kier alpha value is -0.780. The van der Waals surface area contributed by atoms with E-state index >= 15 is 0 Å². The lowest BCUT2D eigenvalue weighted by Crippen LogP contribution is -2.45. The summed E-state index contributed by atoms with van der Waals surface area (Å²) in [5.74, 6) is -0.301. The summed E-state index contributed by atoms with van der Waals surface area (Å²) in [6, 6.07) is 4.04. The minimum atomic E-state index is -0.645. The third-order valence-corrected chi connectivity index (χ3v) is 4.26. The fraction of sp³-hybridized carbons (Fsp3) is 0.462. The van der Waals surface area contributed by atoms with E-state index in [0.29, 0.717) is 17.7 Å². The van der Waals surface area contributed by atoms with Crippen LogP contribution in [-0.4, -0.2) is 25.0 Å². The van der Waals surface area contributed by atoms with E-state index in [0.717, 1.165) is 5.56 Å². The Labute approximate surface area is 114 Å². The van der Waals surface area contributed by atoms with Crippen molar-refractivity contribution in [1.82, 2.24) is 0 Å². The maximum atomic E-state index is 13.0. The molecule has 2 atom stereocenters. The zero-order valence-electron chi connectivity index (χ0n) is 10.1. The van der Waals surface area contributed by atoms with Crippen molar-refractivity contribution in [3.8, 4) is 0 Å². The summed E-state index contributed by atoms with van der Waals surface area (Å²) in [4.78, 5) is 12.3. The van der Waals surface area contributed by atoms with Crippen LogP contribution in [0.2, 0.25) is 0 Å². The number of ketones is 1. The lowest BCUT2D eigenvalue weighted by Gasteiger charge is -2.25. The quantitative estimate of drug-likeness (QED) is 0.929. The smallest absolute Gasteiger partial charge is 0.147 e. The first-order valence-corrected chi connectivity index (χ1v) is 6.53. The van der Waals surface area contributed by atoms with E-state index in [1.807, 2.05) is 6.92 Å². The van der Waals surface area contributed by atoms with Gasteiger partial charge in [0.15, 0.2) is 0 Å². The van der Waals surface area contributed by atoms with E-state index in [1.165, 1.54) is 12.1 Å². The number of ether oxygens (including phenoxy) is 1. The van der Waals surface area contributed by atoms with Crippen LogP contribution in [0.15, 0.2) is 22.7 Å². The van der Waals surface area contributed by atoms with Crippen LogP contribution in [0.4, 0.5) is 4.39 Å². The Morgan fingerprint density at radius 1 is 1.67 bits per heavy atom. The van der Waals surface area contributed by atoms with Crippen LogP contribution >= 0.6 is 15.9 Å². The highest BCUT2D eigenvalue weighted by Crippen LogP contribution is 2.30. The minimum Gasteiger partial charge on any atom is -0.379 e. The molecule has 1 heterocycles. The molecular formula is C13H15BrFNO2. The molecule has 1 fully saturated rings. The van der Waals surface area contributed by atoms with Gasteiger partial charge in [-0.15, -0.1) is 0 Å². The number of Topliss-reactive ketones (excluding diaryl/α,β-unsaturated/α-hetero) is 1. The molecule has 18 heavy (non-hydrogen) atoms. The van der Waals surface area contributed by atoms with Crippen LogP contribution in [0.5, 0.6) is 0 Å². The molecule has 2 N–H and O–H groups in total. The molecule has 0 aliphatic carbocycles. The van der Waals surface area contributed by atoms with Crippen LogP contribution in [0.1, 0.15) is 12.5 Å². The Morgan fingerprint density at radius 3 is 2.94 bits per heavy atom. The highest BCUT2D eigenvalue weighted by atomic mass is 79.9. The Balaban J connectivity index is 2.16. The summed E-state index contributed by atoms with van der Waals surface area (Å²) in [6.07, 6.45) is 0.231. The molecule has 3 nitrogen and oxygen atoms in total. The van der Waals surface area contributed by atoms with Gasteiger partial charge in [-0.25, -0.2) is 4.39 Å². The number of carbonyl (C=O) groups excluding carboxylic acids is 1. The van der Waals surface area contributed by atoms with Crippen molar-refractivity contribution in [1.29, 1.82) is 0 Å². The molecule has 0 saturated carbocycles. The first-order valence-electron chi connectivity index (χ1n) is 5.74. The number of hydrogen-bond donors (Lipinski definition) is 1. The van der Waals surface area contributed by atoms with E-state index in [1.54, 1.807) is 6.07 Å². The van der Waals surface area contributed by atoms with Crippen LogP contribution in [-0.2, 0) is 16.0 Å².